The Labute approximate surface area is 241 Å². The second-order valence-electron chi connectivity index (χ2n) is 13.8. The summed E-state index contributed by atoms with van der Waals surface area (Å²) < 4.78 is 12.6. The maximum Gasteiger partial charge on any atom is 0.312 e. The second kappa shape index (κ2) is 12.0. The molecule has 2 unspecified atom stereocenters. The van der Waals surface area contributed by atoms with Gasteiger partial charge in [0.05, 0.1) is 30.8 Å². The summed E-state index contributed by atoms with van der Waals surface area (Å²) in [5, 5.41) is 10.2. The van der Waals surface area contributed by atoms with Crippen LogP contribution >= 0.6 is 0 Å². The molecule has 3 aliphatic heterocycles. The van der Waals surface area contributed by atoms with Crippen molar-refractivity contribution in [2.75, 3.05) is 19.8 Å². The van der Waals surface area contributed by atoms with Crippen molar-refractivity contribution in [3.63, 3.8) is 0 Å². The van der Waals surface area contributed by atoms with E-state index in [9.17, 15) is 19.5 Å². The fourth-order valence-electron chi connectivity index (χ4n) is 7.81. The van der Waals surface area contributed by atoms with Crippen molar-refractivity contribution in [1.29, 1.82) is 0 Å². The van der Waals surface area contributed by atoms with Crippen molar-refractivity contribution in [2.24, 2.45) is 17.3 Å². The number of esters is 1. The molecule has 0 aliphatic carbocycles. The molecule has 8 nitrogen and oxygen atoms in total. The van der Waals surface area contributed by atoms with Crippen molar-refractivity contribution >= 4 is 17.8 Å². The fourth-order valence-corrected chi connectivity index (χ4v) is 7.81. The van der Waals surface area contributed by atoms with Gasteiger partial charge in [0.2, 0.25) is 11.8 Å². The Morgan fingerprint density at radius 2 is 1.88 bits per heavy atom. The van der Waals surface area contributed by atoms with Gasteiger partial charge < -0.3 is 24.4 Å². The molecule has 3 fully saturated rings. The van der Waals surface area contributed by atoms with Crippen LogP contribution in [0, 0.1) is 17.3 Å². The molecular weight excluding hydrogens is 508 g/mol. The third kappa shape index (κ3) is 5.63. The number of carbonyl (C=O) groups is 3. The number of rotatable bonds is 14. The van der Waals surface area contributed by atoms with Crippen LogP contribution in [0.25, 0.3) is 0 Å². The van der Waals surface area contributed by atoms with Gasteiger partial charge >= 0.3 is 5.97 Å². The number of unbranched alkanes of at least 4 members (excludes halogenated alkanes) is 2. The Hall–Kier alpha value is -2.19. The van der Waals surface area contributed by atoms with Crippen LogP contribution < -0.4 is 0 Å². The topological polar surface area (TPSA) is 96.4 Å². The average Bonchev–Trinajstić information content (AvgIpc) is 3.48. The molecular formula is C32H52N2O6. The van der Waals surface area contributed by atoms with Crippen LogP contribution in [-0.2, 0) is 23.9 Å². The molecule has 0 saturated carbocycles. The van der Waals surface area contributed by atoms with Gasteiger partial charge in [0, 0.05) is 12.1 Å². The molecule has 0 aromatic carbocycles. The van der Waals surface area contributed by atoms with Gasteiger partial charge in [-0.25, -0.2) is 0 Å². The van der Waals surface area contributed by atoms with Crippen molar-refractivity contribution in [3.8, 4) is 0 Å². The lowest BCUT2D eigenvalue weighted by atomic mass is 9.65. The minimum atomic E-state index is -1.16. The molecule has 0 aromatic heterocycles. The number of fused-ring (bicyclic) bond motifs is 1. The van der Waals surface area contributed by atoms with Crippen molar-refractivity contribution in [2.45, 2.75) is 122 Å². The molecule has 3 heterocycles. The van der Waals surface area contributed by atoms with Gasteiger partial charge in [-0.1, -0.05) is 39.8 Å². The van der Waals surface area contributed by atoms with Crippen molar-refractivity contribution < 1.29 is 29.0 Å². The van der Waals surface area contributed by atoms with Gasteiger partial charge in [-0.05, 0) is 71.1 Å². The van der Waals surface area contributed by atoms with Crippen LogP contribution in [-0.4, -0.2) is 81.3 Å². The molecule has 6 atom stereocenters. The Balaban J connectivity index is 2.05. The van der Waals surface area contributed by atoms with Gasteiger partial charge in [0.1, 0.15) is 17.6 Å². The van der Waals surface area contributed by atoms with E-state index in [1.807, 2.05) is 26.8 Å². The van der Waals surface area contributed by atoms with Crippen molar-refractivity contribution in [1.82, 2.24) is 9.80 Å². The average molecular weight is 561 g/mol. The lowest BCUT2D eigenvalue weighted by molar-refractivity contribution is -0.164. The fraction of sp³-hybridized carbons (Fsp3) is 0.781. The second-order valence-corrected chi connectivity index (χ2v) is 13.8. The summed E-state index contributed by atoms with van der Waals surface area (Å²) in [6.45, 7) is 22.1. The van der Waals surface area contributed by atoms with E-state index in [0.717, 1.165) is 19.3 Å². The highest BCUT2D eigenvalue weighted by atomic mass is 16.6. The first-order chi connectivity index (χ1) is 18.7. The summed E-state index contributed by atoms with van der Waals surface area (Å²) in [7, 11) is 0. The van der Waals surface area contributed by atoms with E-state index in [1.165, 1.54) is 4.90 Å². The number of likely N-dealkylation sites (tertiary alicyclic amines) is 1. The number of aliphatic hydroxyl groups is 1. The van der Waals surface area contributed by atoms with E-state index >= 15 is 0 Å². The standard InChI is InChI=1S/C32H52N2O6/c1-10-13-14-15-19-39-28(38)24-23-26(36)34(22(4)20-35)25(32(23)17-16-31(24,12-3)40-32)27(37)33(18-11-2)30(8,9)21-29(5,6)7/h10-11,22-25,35H,1-2,12-21H2,3-9H3/t22-,23+,24+,25?,31-,32?/m1/s1. The van der Waals surface area contributed by atoms with Crippen LogP contribution in [0.15, 0.2) is 25.3 Å². The van der Waals surface area contributed by atoms with Crippen molar-refractivity contribution in [3.05, 3.63) is 25.3 Å². The number of aliphatic hydroxyl groups excluding tert-OH is 1. The molecule has 1 spiro atoms. The Morgan fingerprint density at radius 3 is 2.42 bits per heavy atom. The highest BCUT2D eigenvalue weighted by Gasteiger charge is 2.79. The highest BCUT2D eigenvalue weighted by Crippen LogP contribution is 2.65. The minimum absolute atomic E-state index is 0.0529. The molecule has 2 bridgehead atoms. The van der Waals surface area contributed by atoms with Crippen LogP contribution in [0.4, 0.5) is 0 Å². The molecule has 0 aromatic rings. The third-order valence-corrected chi connectivity index (χ3v) is 9.16. The molecule has 40 heavy (non-hydrogen) atoms. The normalized spacial score (nSPS) is 30.2. The molecule has 3 saturated heterocycles. The number of hydrogen-bond acceptors (Lipinski definition) is 6. The van der Waals surface area contributed by atoms with Crippen LogP contribution in [0.2, 0.25) is 0 Å². The predicted molar refractivity (Wildman–Crippen MR) is 155 cm³/mol. The predicted octanol–water partition coefficient (Wildman–Crippen LogP) is 4.65. The van der Waals surface area contributed by atoms with Gasteiger partial charge in [0.25, 0.3) is 0 Å². The van der Waals surface area contributed by atoms with Gasteiger partial charge in [-0.15, -0.1) is 13.2 Å². The number of nitrogens with zero attached hydrogens (tertiary/aromatic N) is 2. The number of ether oxygens (including phenoxy) is 2. The zero-order chi connectivity index (χ0) is 30.1. The van der Waals surface area contributed by atoms with E-state index in [2.05, 4.69) is 33.9 Å². The van der Waals surface area contributed by atoms with E-state index in [1.54, 1.807) is 17.9 Å². The molecule has 2 amide bonds. The molecule has 0 radical (unpaired) electrons. The number of carbonyl (C=O) groups excluding carboxylic acids is 3. The quantitative estimate of drug-likeness (QED) is 0.189. The van der Waals surface area contributed by atoms with Crippen LogP contribution in [0.1, 0.15) is 93.4 Å². The maximum atomic E-state index is 14.7. The molecule has 8 heteroatoms. The summed E-state index contributed by atoms with van der Waals surface area (Å²) in [5.74, 6) is -2.59. The van der Waals surface area contributed by atoms with E-state index in [4.69, 9.17) is 9.47 Å². The van der Waals surface area contributed by atoms with E-state index in [-0.39, 0.29) is 30.4 Å². The maximum absolute atomic E-state index is 14.7. The molecule has 226 valence electrons. The smallest absolute Gasteiger partial charge is 0.312 e. The first-order valence-electron chi connectivity index (χ1n) is 15.0. The number of amides is 2. The van der Waals surface area contributed by atoms with E-state index in [0.29, 0.717) is 32.2 Å². The van der Waals surface area contributed by atoms with E-state index < -0.39 is 46.6 Å². The lowest BCUT2D eigenvalue weighted by Crippen LogP contribution is -2.62. The Kier molecular flexibility index (Phi) is 9.67. The Morgan fingerprint density at radius 1 is 1.20 bits per heavy atom. The highest BCUT2D eigenvalue weighted by molar-refractivity contribution is 5.99. The zero-order valence-electron chi connectivity index (χ0n) is 25.8. The summed E-state index contributed by atoms with van der Waals surface area (Å²) in [6.07, 6.45) is 8.30. The summed E-state index contributed by atoms with van der Waals surface area (Å²) >= 11 is 0. The van der Waals surface area contributed by atoms with Gasteiger partial charge in [0.15, 0.2) is 0 Å². The minimum Gasteiger partial charge on any atom is -0.465 e. The molecule has 1 N–H and O–H groups in total. The molecule has 3 aliphatic rings. The first kappa shape index (κ1) is 32.3. The first-order valence-corrected chi connectivity index (χ1v) is 15.0. The summed E-state index contributed by atoms with van der Waals surface area (Å²) in [6, 6.07) is -1.57. The SMILES string of the molecule is C=CCCCCOC(=O)[C@@H]1[C@H]2C(=O)N([C@H](C)CO)C(C(=O)N(CC=C)C(C)(C)CC(C)(C)C)C23CC[C@@]1(CC)O3. The lowest BCUT2D eigenvalue weighted by Gasteiger charge is -2.46. The number of hydrogen-bond donors (Lipinski definition) is 1. The van der Waals surface area contributed by atoms with Crippen LogP contribution in [0.3, 0.4) is 0 Å². The zero-order valence-corrected chi connectivity index (χ0v) is 25.8. The monoisotopic (exact) mass is 560 g/mol. The van der Waals surface area contributed by atoms with Gasteiger partial charge in [-0.2, -0.15) is 0 Å². The van der Waals surface area contributed by atoms with Crippen LogP contribution in [0.5, 0.6) is 0 Å². The summed E-state index contributed by atoms with van der Waals surface area (Å²) in [4.78, 5) is 45.9. The third-order valence-electron chi connectivity index (χ3n) is 9.16. The van der Waals surface area contributed by atoms with Gasteiger partial charge in [-0.3, -0.25) is 14.4 Å². The largest absolute Gasteiger partial charge is 0.465 e. The summed E-state index contributed by atoms with van der Waals surface area (Å²) in [5.41, 5.74) is -2.60. The number of allylic oxidation sites excluding steroid dienone is 1. The Bertz CT molecular complexity index is 986. The molecule has 3 rings (SSSR count).